The fourth-order valence-electron chi connectivity index (χ4n) is 2.01. The van der Waals surface area contributed by atoms with Crippen molar-refractivity contribution in [2.24, 2.45) is 0 Å². The molecular formula is C15H20N2O4S. The summed E-state index contributed by atoms with van der Waals surface area (Å²) in [4.78, 5) is 26.5. The second-order valence-electron chi connectivity index (χ2n) is 5.98. The molecule has 7 heteroatoms. The Kier molecular flexibility index (Phi) is 4.46. The van der Waals surface area contributed by atoms with E-state index < -0.39 is 11.6 Å². The third kappa shape index (κ3) is 3.59. The van der Waals surface area contributed by atoms with Crippen molar-refractivity contribution in [1.82, 2.24) is 4.90 Å². The number of rotatable bonds is 2. The number of carbonyl (C=O) groups is 2. The fraction of sp³-hybridized carbons (Fsp3) is 0.467. The number of anilines is 1. The maximum Gasteiger partial charge on any atom is 0.410 e. The molecule has 0 radical (unpaired) electrons. The molecule has 0 spiro atoms. The minimum atomic E-state index is -0.523. The Morgan fingerprint density at radius 1 is 1.36 bits per heavy atom. The van der Waals surface area contributed by atoms with E-state index in [1.54, 1.807) is 11.0 Å². The number of nitrogens with two attached hydrogens (primary N) is 1. The predicted molar refractivity (Wildman–Crippen MR) is 85.9 cm³/mol. The first-order chi connectivity index (χ1) is 10.2. The maximum atomic E-state index is 12.0. The molecule has 2 heterocycles. The molecule has 120 valence electrons. The number of nitrogens with zero attached hydrogens (tertiary/aromatic N) is 1. The van der Waals surface area contributed by atoms with E-state index >= 15 is 0 Å². The quantitative estimate of drug-likeness (QED) is 0.846. The summed E-state index contributed by atoms with van der Waals surface area (Å²) in [6.45, 7) is 6.42. The van der Waals surface area contributed by atoms with Crippen LogP contribution in [-0.4, -0.2) is 42.8 Å². The van der Waals surface area contributed by atoms with Crippen LogP contribution in [0.25, 0.3) is 5.57 Å². The molecule has 0 saturated heterocycles. The van der Waals surface area contributed by atoms with Crippen molar-refractivity contribution >= 4 is 34.7 Å². The van der Waals surface area contributed by atoms with Crippen molar-refractivity contribution in [2.75, 3.05) is 25.9 Å². The lowest BCUT2D eigenvalue weighted by Crippen LogP contribution is -2.35. The Bertz CT molecular complexity index is 628. The van der Waals surface area contributed by atoms with Crippen molar-refractivity contribution < 1.29 is 19.1 Å². The number of carbonyl (C=O) groups excluding carboxylic acids is 2. The second-order valence-corrected chi connectivity index (χ2v) is 7.03. The van der Waals surface area contributed by atoms with Crippen LogP contribution in [0.15, 0.2) is 12.1 Å². The highest BCUT2D eigenvalue weighted by Crippen LogP contribution is 2.33. The van der Waals surface area contributed by atoms with Gasteiger partial charge in [0, 0.05) is 11.4 Å². The second kappa shape index (κ2) is 6.00. The number of amides is 1. The summed E-state index contributed by atoms with van der Waals surface area (Å²) in [7, 11) is 1.32. The monoisotopic (exact) mass is 324 g/mol. The van der Waals surface area contributed by atoms with Gasteiger partial charge in [-0.05, 0) is 32.4 Å². The van der Waals surface area contributed by atoms with Gasteiger partial charge in [-0.1, -0.05) is 6.08 Å². The van der Waals surface area contributed by atoms with Crippen LogP contribution in [-0.2, 0) is 9.47 Å². The molecule has 0 bridgehead atoms. The molecule has 0 unspecified atom stereocenters. The van der Waals surface area contributed by atoms with Crippen molar-refractivity contribution in [3.8, 4) is 0 Å². The highest BCUT2D eigenvalue weighted by Gasteiger charge is 2.27. The Balaban J connectivity index is 2.07. The minimum absolute atomic E-state index is 0.350. The van der Waals surface area contributed by atoms with Crippen LogP contribution < -0.4 is 5.73 Å². The van der Waals surface area contributed by atoms with Gasteiger partial charge >= 0.3 is 12.1 Å². The van der Waals surface area contributed by atoms with E-state index in [2.05, 4.69) is 0 Å². The number of methoxy groups -OCH3 is 1. The van der Waals surface area contributed by atoms with Gasteiger partial charge in [0.15, 0.2) is 0 Å². The molecule has 1 aliphatic heterocycles. The van der Waals surface area contributed by atoms with Crippen molar-refractivity contribution in [3.63, 3.8) is 0 Å². The van der Waals surface area contributed by atoms with Crippen LogP contribution in [0, 0.1) is 0 Å². The van der Waals surface area contributed by atoms with E-state index in [-0.39, 0.29) is 6.09 Å². The zero-order valence-electron chi connectivity index (χ0n) is 13.1. The van der Waals surface area contributed by atoms with Gasteiger partial charge in [0.1, 0.15) is 10.5 Å². The lowest BCUT2D eigenvalue weighted by Gasteiger charge is -2.24. The summed E-state index contributed by atoms with van der Waals surface area (Å²) in [6, 6.07) is 1.74. The highest BCUT2D eigenvalue weighted by atomic mass is 32.1. The van der Waals surface area contributed by atoms with Gasteiger partial charge in [0.05, 0.1) is 19.3 Å². The van der Waals surface area contributed by atoms with E-state index in [0.29, 0.717) is 23.7 Å². The number of esters is 1. The van der Waals surface area contributed by atoms with Gasteiger partial charge in [-0.15, -0.1) is 11.3 Å². The molecule has 2 N–H and O–H groups in total. The van der Waals surface area contributed by atoms with E-state index in [4.69, 9.17) is 15.2 Å². The molecule has 1 aliphatic rings. The van der Waals surface area contributed by atoms with E-state index in [1.165, 1.54) is 18.4 Å². The van der Waals surface area contributed by atoms with E-state index in [1.807, 2.05) is 26.8 Å². The largest absolute Gasteiger partial charge is 0.465 e. The van der Waals surface area contributed by atoms with Crippen LogP contribution in [0.3, 0.4) is 0 Å². The number of hydrogen-bond acceptors (Lipinski definition) is 6. The first-order valence-electron chi connectivity index (χ1n) is 6.86. The summed E-state index contributed by atoms with van der Waals surface area (Å²) in [5.41, 5.74) is 6.67. The average molecular weight is 324 g/mol. The molecule has 0 fully saturated rings. The Hall–Kier alpha value is -2.02. The number of ether oxygens (including phenoxy) is 2. The third-order valence-electron chi connectivity index (χ3n) is 3.02. The fourth-order valence-corrected chi connectivity index (χ4v) is 3.04. The van der Waals surface area contributed by atoms with Crippen LogP contribution >= 0.6 is 11.3 Å². The molecule has 6 nitrogen and oxygen atoms in total. The molecule has 1 aromatic rings. The van der Waals surface area contributed by atoms with Gasteiger partial charge in [-0.3, -0.25) is 0 Å². The molecule has 22 heavy (non-hydrogen) atoms. The van der Waals surface area contributed by atoms with Crippen LogP contribution in [0.5, 0.6) is 0 Å². The molecule has 2 rings (SSSR count). The van der Waals surface area contributed by atoms with Crippen LogP contribution in [0.1, 0.15) is 35.3 Å². The predicted octanol–water partition coefficient (Wildman–Crippen LogP) is 2.75. The van der Waals surface area contributed by atoms with E-state index in [0.717, 1.165) is 10.5 Å². The Morgan fingerprint density at radius 3 is 2.64 bits per heavy atom. The zero-order chi connectivity index (χ0) is 16.5. The minimum Gasteiger partial charge on any atom is -0.465 e. The van der Waals surface area contributed by atoms with Gasteiger partial charge in [0.25, 0.3) is 0 Å². The first-order valence-corrected chi connectivity index (χ1v) is 7.68. The van der Waals surface area contributed by atoms with E-state index in [9.17, 15) is 9.59 Å². The van der Waals surface area contributed by atoms with Crippen LogP contribution in [0.2, 0.25) is 0 Å². The standard InChI is InChI=1S/C15H20N2O4S/c1-15(2,3)21-14(19)17-6-5-9(8-17)11-7-10(16)12(22-11)13(18)20-4/h5,7H,6,8,16H2,1-4H3. The first kappa shape index (κ1) is 16.4. The molecular weight excluding hydrogens is 304 g/mol. The molecule has 0 aliphatic carbocycles. The summed E-state index contributed by atoms with van der Waals surface area (Å²) >= 11 is 1.27. The van der Waals surface area contributed by atoms with Gasteiger partial charge in [0.2, 0.25) is 0 Å². The summed E-state index contributed by atoms with van der Waals surface area (Å²) < 4.78 is 10.0. The van der Waals surface area contributed by atoms with Gasteiger partial charge in [-0.2, -0.15) is 0 Å². The normalized spacial score (nSPS) is 14.7. The molecule has 0 atom stereocenters. The Morgan fingerprint density at radius 2 is 2.05 bits per heavy atom. The molecule has 0 saturated carbocycles. The lowest BCUT2D eigenvalue weighted by molar-refractivity contribution is 0.0306. The topological polar surface area (TPSA) is 81.9 Å². The summed E-state index contributed by atoms with van der Waals surface area (Å²) in [6.07, 6.45) is 1.59. The number of nitrogen functional groups attached to an aromatic ring is 1. The SMILES string of the molecule is COC(=O)c1sc(C2=CCN(C(=O)OC(C)(C)C)C2)cc1N. The molecule has 1 amide bonds. The number of thiophene rings is 1. The van der Waals surface area contributed by atoms with Crippen LogP contribution in [0.4, 0.5) is 10.5 Å². The maximum absolute atomic E-state index is 12.0. The van der Waals surface area contributed by atoms with Crippen molar-refractivity contribution in [2.45, 2.75) is 26.4 Å². The Labute approximate surface area is 133 Å². The summed E-state index contributed by atoms with van der Waals surface area (Å²) in [5, 5.41) is 0. The summed E-state index contributed by atoms with van der Waals surface area (Å²) in [5.74, 6) is -0.448. The van der Waals surface area contributed by atoms with Gasteiger partial charge < -0.3 is 20.1 Å². The van der Waals surface area contributed by atoms with Crippen molar-refractivity contribution in [3.05, 3.63) is 21.9 Å². The average Bonchev–Trinajstić information content (AvgIpc) is 3.02. The van der Waals surface area contributed by atoms with Gasteiger partial charge in [-0.25, -0.2) is 9.59 Å². The molecule has 0 aromatic carbocycles. The highest BCUT2D eigenvalue weighted by molar-refractivity contribution is 7.15. The third-order valence-corrected chi connectivity index (χ3v) is 4.23. The molecule has 1 aromatic heterocycles. The zero-order valence-corrected chi connectivity index (χ0v) is 14.0. The lowest BCUT2D eigenvalue weighted by atomic mass is 10.2. The van der Waals surface area contributed by atoms with Crippen molar-refractivity contribution in [1.29, 1.82) is 0 Å². The number of hydrogen-bond donors (Lipinski definition) is 1. The smallest absolute Gasteiger partial charge is 0.410 e.